The molecule has 0 aliphatic heterocycles. The van der Waals surface area contributed by atoms with E-state index in [1.54, 1.807) is 6.20 Å². The summed E-state index contributed by atoms with van der Waals surface area (Å²) < 4.78 is 1.28. The van der Waals surface area contributed by atoms with Crippen LogP contribution < -0.4 is 0 Å². The van der Waals surface area contributed by atoms with Crippen LogP contribution in [-0.4, -0.2) is 24.7 Å². The van der Waals surface area contributed by atoms with Gasteiger partial charge in [0.1, 0.15) is 6.33 Å². The molecule has 0 saturated carbocycles. The minimum Gasteiger partial charge on any atom is -0.479 e. The van der Waals surface area contributed by atoms with Crippen molar-refractivity contribution in [2.45, 2.75) is 6.92 Å². The summed E-state index contributed by atoms with van der Waals surface area (Å²) in [6.45, 7) is 1.94. The fourth-order valence-electron chi connectivity index (χ4n) is 1.57. The van der Waals surface area contributed by atoms with Crippen LogP contribution in [0.25, 0.3) is 16.1 Å². The Balaban J connectivity index is 2.32. The zero-order chi connectivity index (χ0) is 12.0. The Morgan fingerprint density at radius 2 is 2.24 bits per heavy atom. The van der Waals surface area contributed by atoms with E-state index >= 15 is 0 Å². The van der Waals surface area contributed by atoms with Crippen molar-refractivity contribution in [3.05, 3.63) is 28.5 Å². The molecule has 5 nitrogen and oxygen atoms in total. The fourth-order valence-corrected chi connectivity index (χ4v) is 2.88. The number of hydrogen-bond donors (Lipinski definition) is 1. The van der Waals surface area contributed by atoms with Crippen molar-refractivity contribution in [1.29, 1.82) is 0 Å². The van der Waals surface area contributed by atoms with Gasteiger partial charge in [-0.15, -0.1) is 11.3 Å². The van der Waals surface area contributed by atoms with E-state index in [2.05, 4.69) is 15.1 Å². The van der Waals surface area contributed by atoms with Gasteiger partial charge in [0, 0.05) is 0 Å². The van der Waals surface area contributed by atoms with Gasteiger partial charge in [-0.3, -0.25) is 0 Å². The molecule has 3 heterocycles. The number of nitrogens with zero attached hydrogens (tertiary/aromatic N) is 4. The van der Waals surface area contributed by atoms with Crippen LogP contribution >= 0.6 is 22.9 Å². The van der Waals surface area contributed by atoms with E-state index in [1.807, 2.05) is 12.3 Å². The highest BCUT2D eigenvalue weighted by atomic mass is 35.5. The lowest BCUT2D eigenvalue weighted by atomic mass is 10.2. The van der Waals surface area contributed by atoms with Gasteiger partial charge in [0.25, 0.3) is 0 Å². The Morgan fingerprint density at radius 1 is 1.41 bits per heavy atom. The van der Waals surface area contributed by atoms with Crippen molar-refractivity contribution in [2.75, 3.05) is 0 Å². The summed E-state index contributed by atoms with van der Waals surface area (Å²) in [7, 11) is 0. The Bertz CT molecular complexity index is 705. The summed E-state index contributed by atoms with van der Waals surface area (Å²) in [6.07, 6.45) is 2.92. The number of aromatic nitrogens is 4. The van der Waals surface area contributed by atoms with Crippen LogP contribution in [0.5, 0.6) is 6.01 Å². The third-order valence-corrected chi connectivity index (χ3v) is 4.16. The molecule has 86 valence electrons. The Kier molecular flexibility index (Phi) is 2.27. The molecule has 0 atom stereocenters. The summed E-state index contributed by atoms with van der Waals surface area (Å²) >= 11 is 7.74. The number of aromatic hydroxyl groups is 1. The molecule has 0 unspecified atom stereocenters. The van der Waals surface area contributed by atoms with Crippen molar-refractivity contribution in [3.63, 3.8) is 0 Å². The van der Waals surface area contributed by atoms with Gasteiger partial charge in [0.15, 0.2) is 5.65 Å². The summed E-state index contributed by atoms with van der Waals surface area (Å²) in [6, 6.07) is -0.189. The van der Waals surface area contributed by atoms with E-state index in [9.17, 15) is 5.11 Å². The second kappa shape index (κ2) is 3.68. The summed E-state index contributed by atoms with van der Waals surface area (Å²) in [4.78, 5) is 8.66. The number of hydrogen-bond acceptors (Lipinski definition) is 5. The number of aryl methyl sites for hydroxylation is 1. The van der Waals surface area contributed by atoms with Crippen molar-refractivity contribution in [1.82, 2.24) is 19.6 Å². The van der Waals surface area contributed by atoms with Crippen molar-refractivity contribution in [3.8, 4) is 16.5 Å². The maximum absolute atomic E-state index is 9.53. The van der Waals surface area contributed by atoms with Crippen LogP contribution in [0.4, 0.5) is 0 Å². The molecule has 0 aromatic carbocycles. The molecule has 0 aliphatic carbocycles. The van der Waals surface area contributed by atoms with E-state index in [1.165, 1.54) is 22.2 Å². The van der Waals surface area contributed by atoms with Gasteiger partial charge in [0.2, 0.25) is 0 Å². The molecule has 0 spiro atoms. The number of thiophene rings is 1. The quantitative estimate of drug-likeness (QED) is 0.735. The first-order valence-corrected chi connectivity index (χ1v) is 6.06. The molecule has 3 aromatic rings. The third kappa shape index (κ3) is 1.49. The topological polar surface area (TPSA) is 63.3 Å². The number of halogens is 1. The van der Waals surface area contributed by atoms with Crippen LogP contribution in [0.2, 0.25) is 5.02 Å². The van der Waals surface area contributed by atoms with Gasteiger partial charge in [-0.1, -0.05) is 11.6 Å². The highest BCUT2D eigenvalue weighted by Crippen LogP contribution is 2.38. The van der Waals surface area contributed by atoms with Crippen LogP contribution in [0.1, 0.15) is 5.56 Å². The van der Waals surface area contributed by atoms with Crippen LogP contribution in [0.3, 0.4) is 0 Å². The van der Waals surface area contributed by atoms with E-state index in [-0.39, 0.29) is 6.01 Å². The number of rotatable bonds is 1. The molecule has 0 saturated heterocycles. The zero-order valence-corrected chi connectivity index (χ0v) is 10.3. The first-order valence-electron chi connectivity index (χ1n) is 4.80. The first kappa shape index (κ1) is 10.5. The molecule has 1 N–H and O–H groups in total. The van der Waals surface area contributed by atoms with Crippen LogP contribution in [-0.2, 0) is 0 Å². The highest BCUT2D eigenvalue weighted by molar-refractivity contribution is 7.14. The molecule has 17 heavy (non-hydrogen) atoms. The predicted molar refractivity (Wildman–Crippen MR) is 65.5 cm³/mol. The maximum atomic E-state index is 9.53. The van der Waals surface area contributed by atoms with Crippen molar-refractivity contribution >= 4 is 28.6 Å². The molecule has 7 heteroatoms. The van der Waals surface area contributed by atoms with Gasteiger partial charge in [-0.05, 0) is 17.9 Å². The molecule has 3 aromatic heterocycles. The van der Waals surface area contributed by atoms with Gasteiger partial charge in [-0.25, -0.2) is 4.98 Å². The zero-order valence-electron chi connectivity index (χ0n) is 8.75. The van der Waals surface area contributed by atoms with Crippen LogP contribution in [0.15, 0.2) is 17.9 Å². The average Bonchev–Trinajstić information content (AvgIpc) is 2.86. The van der Waals surface area contributed by atoms with E-state index < -0.39 is 0 Å². The average molecular weight is 267 g/mol. The standard InChI is InChI=1S/C10H7ClN4OS/c1-5-3-17-8(7(5)11)6-2-14-15-9(6)12-4-13-10(15)16/h2-4H,1H3,(H,12,13,16). The van der Waals surface area contributed by atoms with E-state index in [0.717, 1.165) is 16.0 Å². The Hall–Kier alpha value is -1.66. The molecule has 0 aliphatic rings. The third-order valence-electron chi connectivity index (χ3n) is 2.43. The van der Waals surface area contributed by atoms with Gasteiger partial charge in [-0.2, -0.15) is 14.6 Å². The van der Waals surface area contributed by atoms with E-state index in [0.29, 0.717) is 10.7 Å². The molecular formula is C10H7ClN4OS. The Morgan fingerprint density at radius 3 is 2.94 bits per heavy atom. The Labute approximate surface area is 105 Å². The normalized spacial score (nSPS) is 11.2. The largest absolute Gasteiger partial charge is 0.479 e. The highest BCUT2D eigenvalue weighted by Gasteiger charge is 2.16. The van der Waals surface area contributed by atoms with Gasteiger partial charge < -0.3 is 5.11 Å². The second-order valence-corrected chi connectivity index (χ2v) is 4.79. The fraction of sp³-hybridized carbons (Fsp3) is 0.100. The van der Waals surface area contributed by atoms with Crippen molar-refractivity contribution in [2.24, 2.45) is 0 Å². The molecule has 0 fully saturated rings. The van der Waals surface area contributed by atoms with Crippen molar-refractivity contribution < 1.29 is 5.11 Å². The molecule has 0 radical (unpaired) electrons. The minimum absolute atomic E-state index is 0.189. The monoisotopic (exact) mass is 266 g/mol. The lowest BCUT2D eigenvalue weighted by Gasteiger charge is -1.97. The lowest BCUT2D eigenvalue weighted by Crippen LogP contribution is -1.93. The first-order chi connectivity index (χ1) is 8.18. The lowest BCUT2D eigenvalue weighted by molar-refractivity contribution is 0.411. The predicted octanol–water partition coefficient (Wildman–Crippen LogP) is 2.52. The molecule has 0 bridgehead atoms. The molecular weight excluding hydrogens is 260 g/mol. The van der Waals surface area contributed by atoms with E-state index in [4.69, 9.17) is 11.6 Å². The summed E-state index contributed by atoms with van der Waals surface area (Å²) in [5.41, 5.74) is 2.36. The summed E-state index contributed by atoms with van der Waals surface area (Å²) in [5.74, 6) is 0. The van der Waals surface area contributed by atoms with Gasteiger partial charge in [0.05, 0.1) is 21.7 Å². The minimum atomic E-state index is -0.189. The second-order valence-electron chi connectivity index (χ2n) is 3.53. The number of fused-ring (bicyclic) bond motifs is 1. The van der Waals surface area contributed by atoms with Gasteiger partial charge >= 0.3 is 6.01 Å². The molecule has 0 amide bonds. The SMILES string of the molecule is Cc1csc(-c2cnn3c(O)ncnc23)c1Cl. The summed E-state index contributed by atoms with van der Waals surface area (Å²) in [5, 5.41) is 16.2. The molecule has 3 rings (SSSR count). The van der Waals surface area contributed by atoms with Crippen LogP contribution in [0, 0.1) is 6.92 Å². The smallest absolute Gasteiger partial charge is 0.318 e. The maximum Gasteiger partial charge on any atom is 0.318 e.